The lowest BCUT2D eigenvalue weighted by molar-refractivity contribution is 0.175. The first-order valence-corrected chi connectivity index (χ1v) is 6.70. The monoisotopic (exact) mass is 296 g/mol. The third-order valence-electron chi connectivity index (χ3n) is 2.88. The molecule has 0 amide bonds. The van der Waals surface area contributed by atoms with Crippen molar-refractivity contribution in [2.75, 3.05) is 0 Å². The fourth-order valence-corrected chi connectivity index (χ4v) is 2.54. The third-order valence-corrected chi connectivity index (χ3v) is 3.59. The molecule has 2 rings (SSSR count). The summed E-state index contributed by atoms with van der Waals surface area (Å²) in [5.74, 6) is 0.195. The molecule has 100 valence electrons. The highest BCUT2D eigenvalue weighted by Crippen LogP contribution is 2.26. The second-order valence-electron chi connectivity index (χ2n) is 4.43. The van der Waals surface area contributed by atoms with Crippen LogP contribution in [0.1, 0.15) is 11.1 Å². The van der Waals surface area contributed by atoms with Crippen LogP contribution in [-0.2, 0) is 12.8 Å². The van der Waals surface area contributed by atoms with Crippen molar-refractivity contribution < 1.29 is 10.2 Å². The van der Waals surface area contributed by atoms with Crippen LogP contribution in [0.15, 0.2) is 42.5 Å². The van der Waals surface area contributed by atoms with Crippen LogP contribution in [0.5, 0.6) is 5.75 Å². The molecule has 1 unspecified atom stereocenters. The number of benzene rings is 2. The summed E-state index contributed by atoms with van der Waals surface area (Å²) in [5, 5.41) is 20.6. The SMILES string of the molecule is Oc1cccc(CC(O)Cc2c(Cl)cccc2Cl)c1. The number of halogens is 2. The standard InChI is InChI=1S/C15H14Cl2O2/c16-14-5-2-6-15(17)13(14)9-12(19)8-10-3-1-4-11(18)7-10/h1-7,12,18-19H,8-9H2. The van der Waals surface area contributed by atoms with Crippen LogP contribution < -0.4 is 0 Å². The van der Waals surface area contributed by atoms with Crippen molar-refractivity contribution in [2.24, 2.45) is 0 Å². The number of aliphatic hydroxyl groups excluding tert-OH is 1. The fraction of sp³-hybridized carbons (Fsp3) is 0.200. The Morgan fingerprint density at radius 1 is 0.947 bits per heavy atom. The molecule has 0 bridgehead atoms. The first-order valence-electron chi connectivity index (χ1n) is 5.95. The average molecular weight is 297 g/mol. The number of hydrogen-bond acceptors (Lipinski definition) is 2. The molecule has 0 saturated heterocycles. The van der Waals surface area contributed by atoms with E-state index in [9.17, 15) is 10.2 Å². The van der Waals surface area contributed by atoms with E-state index in [4.69, 9.17) is 23.2 Å². The summed E-state index contributed by atoms with van der Waals surface area (Å²) in [5.41, 5.74) is 1.62. The van der Waals surface area contributed by atoms with Gasteiger partial charge < -0.3 is 10.2 Å². The van der Waals surface area contributed by atoms with E-state index in [0.717, 1.165) is 11.1 Å². The molecule has 2 N–H and O–H groups in total. The Bertz CT molecular complexity index is 550. The van der Waals surface area contributed by atoms with E-state index in [-0.39, 0.29) is 5.75 Å². The van der Waals surface area contributed by atoms with Gasteiger partial charge in [0.25, 0.3) is 0 Å². The molecule has 0 aliphatic heterocycles. The normalized spacial score (nSPS) is 12.4. The van der Waals surface area contributed by atoms with Crippen LogP contribution in [0, 0.1) is 0 Å². The molecule has 0 heterocycles. The molecule has 2 aromatic rings. The third kappa shape index (κ3) is 3.87. The van der Waals surface area contributed by atoms with Gasteiger partial charge in [0.2, 0.25) is 0 Å². The quantitative estimate of drug-likeness (QED) is 0.900. The van der Waals surface area contributed by atoms with Gasteiger partial charge in [-0.3, -0.25) is 0 Å². The van der Waals surface area contributed by atoms with Gasteiger partial charge in [0.15, 0.2) is 0 Å². The van der Waals surface area contributed by atoms with E-state index < -0.39 is 6.10 Å². The molecule has 0 aromatic heterocycles. The highest BCUT2D eigenvalue weighted by atomic mass is 35.5. The zero-order valence-corrected chi connectivity index (χ0v) is 11.7. The Balaban J connectivity index is 2.07. The highest BCUT2D eigenvalue weighted by Gasteiger charge is 2.12. The Labute approximate surface area is 122 Å². The van der Waals surface area contributed by atoms with Gasteiger partial charge >= 0.3 is 0 Å². The number of rotatable bonds is 4. The summed E-state index contributed by atoms with van der Waals surface area (Å²) < 4.78 is 0. The largest absolute Gasteiger partial charge is 0.508 e. The van der Waals surface area contributed by atoms with Crippen LogP contribution in [-0.4, -0.2) is 16.3 Å². The maximum absolute atomic E-state index is 10.1. The molecule has 0 radical (unpaired) electrons. The average Bonchev–Trinajstić information content (AvgIpc) is 2.34. The minimum absolute atomic E-state index is 0.195. The van der Waals surface area contributed by atoms with Gasteiger partial charge in [-0.15, -0.1) is 0 Å². The second kappa shape index (κ2) is 6.29. The van der Waals surface area contributed by atoms with Crippen molar-refractivity contribution in [1.29, 1.82) is 0 Å². The molecule has 2 aromatic carbocycles. The highest BCUT2D eigenvalue weighted by molar-refractivity contribution is 6.35. The fourth-order valence-electron chi connectivity index (χ4n) is 1.99. The minimum atomic E-state index is -0.598. The lowest BCUT2D eigenvalue weighted by Gasteiger charge is -2.13. The van der Waals surface area contributed by atoms with Gasteiger partial charge in [-0.1, -0.05) is 41.4 Å². The lowest BCUT2D eigenvalue weighted by atomic mass is 10.0. The van der Waals surface area contributed by atoms with Crippen LogP contribution in [0.25, 0.3) is 0 Å². The van der Waals surface area contributed by atoms with Crippen LogP contribution in [0.3, 0.4) is 0 Å². The van der Waals surface area contributed by atoms with Crippen molar-refractivity contribution in [3.8, 4) is 5.75 Å². The number of aromatic hydroxyl groups is 1. The van der Waals surface area contributed by atoms with Crippen molar-refractivity contribution in [2.45, 2.75) is 18.9 Å². The Morgan fingerprint density at radius 3 is 2.21 bits per heavy atom. The molecule has 2 nitrogen and oxygen atoms in total. The van der Waals surface area contributed by atoms with E-state index in [2.05, 4.69) is 0 Å². The molecular formula is C15H14Cl2O2. The van der Waals surface area contributed by atoms with Crippen LogP contribution in [0.4, 0.5) is 0 Å². The predicted octanol–water partition coefficient (Wildman–Crippen LogP) is 3.85. The van der Waals surface area contributed by atoms with Crippen molar-refractivity contribution in [1.82, 2.24) is 0 Å². The van der Waals surface area contributed by atoms with Gasteiger partial charge in [-0.25, -0.2) is 0 Å². The second-order valence-corrected chi connectivity index (χ2v) is 5.25. The molecule has 0 saturated carbocycles. The molecule has 0 aliphatic rings. The van der Waals surface area contributed by atoms with Crippen LogP contribution >= 0.6 is 23.2 Å². The van der Waals surface area contributed by atoms with Crippen LogP contribution in [0.2, 0.25) is 10.0 Å². The van der Waals surface area contributed by atoms with E-state index in [1.807, 2.05) is 6.07 Å². The van der Waals surface area contributed by atoms with E-state index >= 15 is 0 Å². The summed E-state index contributed by atoms with van der Waals surface area (Å²) in [6.07, 6.45) is 0.226. The number of hydrogen-bond donors (Lipinski definition) is 2. The summed E-state index contributed by atoms with van der Waals surface area (Å²) in [6.45, 7) is 0. The topological polar surface area (TPSA) is 40.5 Å². The lowest BCUT2D eigenvalue weighted by Crippen LogP contribution is -2.14. The predicted molar refractivity (Wildman–Crippen MR) is 78.0 cm³/mol. The van der Waals surface area contributed by atoms with E-state index in [1.54, 1.807) is 36.4 Å². The smallest absolute Gasteiger partial charge is 0.115 e. The molecular weight excluding hydrogens is 283 g/mol. The molecule has 4 heteroatoms. The molecule has 19 heavy (non-hydrogen) atoms. The number of phenolic OH excluding ortho intramolecular Hbond substituents is 1. The summed E-state index contributed by atoms with van der Waals surface area (Å²) in [4.78, 5) is 0. The van der Waals surface area contributed by atoms with E-state index in [0.29, 0.717) is 22.9 Å². The number of aliphatic hydroxyl groups is 1. The van der Waals surface area contributed by atoms with Gasteiger partial charge in [0.05, 0.1) is 6.10 Å². The van der Waals surface area contributed by atoms with Gasteiger partial charge in [0, 0.05) is 16.5 Å². The summed E-state index contributed by atoms with van der Waals surface area (Å²) in [7, 11) is 0. The number of phenols is 1. The molecule has 0 aliphatic carbocycles. The Hall–Kier alpha value is -1.22. The van der Waals surface area contributed by atoms with Crippen molar-refractivity contribution in [3.63, 3.8) is 0 Å². The van der Waals surface area contributed by atoms with Gasteiger partial charge in [-0.2, -0.15) is 0 Å². The molecule has 0 spiro atoms. The molecule has 1 atom stereocenters. The Kier molecular flexibility index (Phi) is 4.70. The molecule has 0 fully saturated rings. The minimum Gasteiger partial charge on any atom is -0.508 e. The zero-order chi connectivity index (χ0) is 13.8. The maximum atomic E-state index is 10.1. The summed E-state index contributed by atoms with van der Waals surface area (Å²) in [6, 6.07) is 12.1. The summed E-state index contributed by atoms with van der Waals surface area (Å²) >= 11 is 12.1. The first kappa shape index (κ1) is 14.2. The van der Waals surface area contributed by atoms with E-state index in [1.165, 1.54) is 0 Å². The Morgan fingerprint density at radius 2 is 1.58 bits per heavy atom. The zero-order valence-electron chi connectivity index (χ0n) is 10.2. The maximum Gasteiger partial charge on any atom is 0.115 e. The van der Waals surface area contributed by atoms with Crippen molar-refractivity contribution in [3.05, 3.63) is 63.6 Å². The first-order chi connectivity index (χ1) is 9.06. The van der Waals surface area contributed by atoms with Gasteiger partial charge in [0.1, 0.15) is 5.75 Å². The van der Waals surface area contributed by atoms with Crippen molar-refractivity contribution >= 4 is 23.2 Å². The van der Waals surface area contributed by atoms with Gasteiger partial charge in [-0.05, 0) is 41.8 Å².